The molecule has 154 valence electrons. The zero-order valence-corrected chi connectivity index (χ0v) is 17.7. The largest absolute Gasteiger partial charge is 0.348 e. The Bertz CT molecular complexity index is 1010. The summed E-state index contributed by atoms with van der Waals surface area (Å²) in [5.41, 5.74) is 2.94. The minimum atomic E-state index is -0.132. The van der Waals surface area contributed by atoms with Gasteiger partial charge in [-0.05, 0) is 56.9 Å². The Morgan fingerprint density at radius 2 is 1.93 bits per heavy atom. The van der Waals surface area contributed by atoms with Crippen molar-refractivity contribution >= 4 is 41.6 Å². The highest BCUT2D eigenvalue weighted by atomic mass is 35.5. The number of carbonyl (C=O) groups is 1. The van der Waals surface area contributed by atoms with E-state index in [9.17, 15) is 4.79 Å². The molecule has 2 aliphatic heterocycles. The molecule has 29 heavy (non-hydrogen) atoms. The summed E-state index contributed by atoms with van der Waals surface area (Å²) >= 11 is 0. The Hall–Kier alpha value is -2.22. The lowest BCUT2D eigenvalue weighted by molar-refractivity contribution is 0.0918. The number of nitrogens with one attached hydrogen (secondary N) is 2. The van der Waals surface area contributed by atoms with Crippen LogP contribution >= 0.6 is 24.8 Å². The summed E-state index contributed by atoms with van der Waals surface area (Å²) in [6.07, 6.45) is 6.18. The third-order valence-corrected chi connectivity index (χ3v) is 5.75. The first-order valence-corrected chi connectivity index (χ1v) is 9.52. The van der Waals surface area contributed by atoms with Crippen LogP contribution in [-0.4, -0.2) is 44.0 Å². The summed E-state index contributed by atoms with van der Waals surface area (Å²) in [4.78, 5) is 17.1. The van der Waals surface area contributed by atoms with Crippen molar-refractivity contribution in [1.29, 1.82) is 0 Å². The molecule has 2 saturated heterocycles. The third-order valence-electron chi connectivity index (χ3n) is 5.75. The topological polar surface area (TPSA) is 84.7 Å². The molecule has 0 aliphatic carbocycles. The first-order chi connectivity index (χ1) is 13.2. The standard InChI is InChI=1S/C20H22N6O.2ClH/c1-12-19(20(27)23-16-10-14-4-5-15(11-16)22-14)24-25-26(12)17-6-7-18-13(9-17)3-2-8-21-18;;/h2-3,6-9,14-16,22H,4-5,10-11H2,1H3,(H,23,27);2*1H. The summed E-state index contributed by atoms with van der Waals surface area (Å²) in [5.74, 6) is -0.132. The first kappa shape index (κ1) is 21.5. The van der Waals surface area contributed by atoms with Gasteiger partial charge in [-0.1, -0.05) is 11.3 Å². The normalized spacial score (nSPS) is 22.6. The molecular weight excluding hydrogens is 411 g/mol. The smallest absolute Gasteiger partial charge is 0.273 e. The summed E-state index contributed by atoms with van der Waals surface area (Å²) in [6, 6.07) is 11.1. The summed E-state index contributed by atoms with van der Waals surface area (Å²) in [7, 11) is 0. The molecule has 3 aromatic rings. The SMILES string of the molecule is Cc1c(C(=O)NC2CC3CCC(C2)N3)nnn1-c1ccc2ncccc2c1.Cl.Cl. The highest BCUT2D eigenvalue weighted by molar-refractivity contribution is 5.93. The van der Waals surface area contributed by atoms with Gasteiger partial charge in [0.05, 0.1) is 16.9 Å². The predicted octanol–water partition coefficient (Wildman–Crippen LogP) is 2.98. The van der Waals surface area contributed by atoms with E-state index in [0.29, 0.717) is 17.8 Å². The lowest BCUT2D eigenvalue weighted by Gasteiger charge is -2.29. The predicted molar refractivity (Wildman–Crippen MR) is 116 cm³/mol. The Labute approximate surface area is 181 Å². The van der Waals surface area contributed by atoms with Crippen molar-refractivity contribution in [3.8, 4) is 5.69 Å². The van der Waals surface area contributed by atoms with Gasteiger partial charge in [-0.2, -0.15) is 0 Å². The van der Waals surface area contributed by atoms with E-state index < -0.39 is 0 Å². The van der Waals surface area contributed by atoms with Crippen LogP contribution in [0.25, 0.3) is 16.6 Å². The average molecular weight is 435 g/mol. The molecule has 5 rings (SSSR count). The number of benzene rings is 1. The summed E-state index contributed by atoms with van der Waals surface area (Å²) < 4.78 is 1.72. The molecule has 2 N–H and O–H groups in total. The van der Waals surface area contributed by atoms with Crippen molar-refractivity contribution in [2.24, 2.45) is 0 Å². The number of halogens is 2. The maximum Gasteiger partial charge on any atom is 0.273 e. The van der Waals surface area contributed by atoms with Gasteiger partial charge in [0, 0.05) is 29.7 Å². The van der Waals surface area contributed by atoms with Crippen LogP contribution in [0.2, 0.25) is 0 Å². The number of aromatic nitrogens is 4. The van der Waals surface area contributed by atoms with Gasteiger partial charge in [0.2, 0.25) is 0 Å². The van der Waals surface area contributed by atoms with Crippen molar-refractivity contribution in [2.75, 3.05) is 0 Å². The molecule has 7 nitrogen and oxygen atoms in total. The number of pyridine rings is 1. The highest BCUT2D eigenvalue weighted by Gasteiger charge is 2.34. The lowest BCUT2D eigenvalue weighted by atomic mass is 9.99. The molecule has 1 aromatic carbocycles. The van der Waals surface area contributed by atoms with Gasteiger partial charge < -0.3 is 10.6 Å². The Morgan fingerprint density at radius 1 is 1.17 bits per heavy atom. The van der Waals surface area contributed by atoms with Crippen molar-refractivity contribution in [3.05, 3.63) is 47.9 Å². The molecule has 9 heteroatoms. The van der Waals surface area contributed by atoms with Crippen LogP contribution in [0.3, 0.4) is 0 Å². The van der Waals surface area contributed by atoms with Gasteiger partial charge in [0.25, 0.3) is 5.91 Å². The summed E-state index contributed by atoms with van der Waals surface area (Å²) in [6.45, 7) is 1.88. The maximum atomic E-state index is 12.8. The fourth-order valence-corrected chi connectivity index (χ4v) is 4.41. The third kappa shape index (κ3) is 4.08. The van der Waals surface area contributed by atoms with Gasteiger partial charge in [-0.25, -0.2) is 4.68 Å². The molecule has 2 unspecified atom stereocenters. The van der Waals surface area contributed by atoms with E-state index in [1.807, 2.05) is 37.3 Å². The van der Waals surface area contributed by atoms with E-state index >= 15 is 0 Å². The first-order valence-electron chi connectivity index (χ1n) is 9.52. The van der Waals surface area contributed by atoms with Crippen LogP contribution in [-0.2, 0) is 0 Å². The van der Waals surface area contributed by atoms with Crippen LogP contribution in [0, 0.1) is 6.92 Å². The van der Waals surface area contributed by atoms with Gasteiger partial charge in [-0.15, -0.1) is 29.9 Å². The zero-order chi connectivity index (χ0) is 18.4. The van der Waals surface area contributed by atoms with Crippen molar-refractivity contribution in [2.45, 2.75) is 50.7 Å². The van der Waals surface area contributed by atoms with Crippen LogP contribution in [0.15, 0.2) is 36.5 Å². The molecule has 0 saturated carbocycles. The molecule has 2 aliphatic rings. The quantitative estimate of drug-likeness (QED) is 0.661. The summed E-state index contributed by atoms with van der Waals surface area (Å²) in [5, 5.41) is 16.2. The second kappa shape index (κ2) is 8.65. The van der Waals surface area contributed by atoms with E-state index in [4.69, 9.17) is 0 Å². The monoisotopic (exact) mass is 434 g/mol. The minimum Gasteiger partial charge on any atom is -0.348 e. The average Bonchev–Trinajstić information content (AvgIpc) is 3.23. The van der Waals surface area contributed by atoms with E-state index in [0.717, 1.165) is 35.1 Å². The molecule has 1 amide bonds. The molecule has 2 atom stereocenters. The Morgan fingerprint density at radius 3 is 2.69 bits per heavy atom. The Balaban J connectivity index is 0.00000120. The minimum absolute atomic E-state index is 0. The fourth-order valence-electron chi connectivity index (χ4n) is 4.41. The van der Waals surface area contributed by atoms with Crippen molar-refractivity contribution in [3.63, 3.8) is 0 Å². The number of rotatable bonds is 3. The Kier molecular flexibility index (Phi) is 6.41. The zero-order valence-electron chi connectivity index (χ0n) is 16.0. The van der Waals surface area contributed by atoms with E-state index in [1.54, 1.807) is 10.9 Å². The number of piperidine rings is 1. The number of amides is 1. The van der Waals surface area contributed by atoms with Crippen LogP contribution in [0.5, 0.6) is 0 Å². The molecule has 0 radical (unpaired) electrons. The molecule has 2 fully saturated rings. The fraction of sp³-hybridized carbons (Fsp3) is 0.400. The lowest BCUT2D eigenvalue weighted by Crippen LogP contribution is -2.48. The molecule has 2 aromatic heterocycles. The van der Waals surface area contributed by atoms with Gasteiger partial charge in [0.15, 0.2) is 5.69 Å². The van der Waals surface area contributed by atoms with Gasteiger partial charge >= 0.3 is 0 Å². The second-order valence-electron chi connectivity index (χ2n) is 7.60. The number of hydrogen-bond donors (Lipinski definition) is 2. The highest BCUT2D eigenvalue weighted by Crippen LogP contribution is 2.27. The molecule has 4 heterocycles. The van der Waals surface area contributed by atoms with Crippen LogP contribution in [0.4, 0.5) is 0 Å². The van der Waals surface area contributed by atoms with Crippen molar-refractivity contribution in [1.82, 2.24) is 30.6 Å². The molecule has 2 bridgehead atoms. The maximum absolute atomic E-state index is 12.8. The van der Waals surface area contributed by atoms with Gasteiger partial charge in [0.1, 0.15) is 0 Å². The number of carbonyl (C=O) groups excluding carboxylic acids is 1. The second-order valence-corrected chi connectivity index (χ2v) is 7.60. The number of fused-ring (bicyclic) bond motifs is 3. The van der Waals surface area contributed by atoms with Gasteiger partial charge in [-0.3, -0.25) is 9.78 Å². The van der Waals surface area contributed by atoms with E-state index in [1.165, 1.54) is 12.8 Å². The van der Waals surface area contributed by atoms with Crippen LogP contribution < -0.4 is 10.6 Å². The molecule has 0 spiro atoms. The van der Waals surface area contributed by atoms with E-state index in [-0.39, 0.29) is 36.8 Å². The number of nitrogens with zero attached hydrogens (tertiary/aromatic N) is 4. The number of hydrogen-bond acceptors (Lipinski definition) is 5. The van der Waals surface area contributed by atoms with Crippen LogP contribution in [0.1, 0.15) is 41.9 Å². The van der Waals surface area contributed by atoms with Crippen molar-refractivity contribution < 1.29 is 4.79 Å². The van der Waals surface area contributed by atoms with E-state index in [2.05, 4.69) is 25.9 Å². The molecular formula is C20H24Cl2N6O.